The molecule has 0 aromatic rings. The Labute approximate surface area is 171 Å². The third kappa shape index (κ3) is 2.07. The summed E-state index contributed by atoms with van der Waals surface area (Å²) in [6, 6.07) is 0. The van der Waals surface area contributed by atoms with E-state index in [2.05, 4.69) is 26.0 Å². The van der Waals surface area contributed by atoms with Crippen LogP contribution in [0.1, 0.15) is 46.0 Å². The van der Waals surface area contributed by atoms with Crippen LogP contribution < -0.4 is 0 Å². The third-order valence-corrected chi connectivity index (χ3v) is 9.46. The van der Waals surface area contributed by atoms with Crippen molar-refractivity contribution >= 4 is 5.78 Å². The van der Waals surface area contributed by atoms with E-state index in [1.165, 1.54) is 5.57 Å². The second kappa shape index (κ2) is 5.80. The highest BCUT2D eigenvalue weighted by Crippen LogP contribution is 2.70. The van der Waals surface area contributed by atoms with Crippen LogP contribution in [0.4, 0.5) is 0 Å². The van der Waals surface area contributed by atoms with Crippen molar-refractivity contribution in [3.63, 3.8) is 0 Å². The molecule has 6 heteroatoms. The monoisotopic (exact) mass is 402 g/mol. The van der Waals surface area contributed by atoms with Crippen molar-refractivity contribution in [2.24, 2.45) is 28.6 Å². The summed E-state index contributed by atoms with van der Waals surface area (Å²) in [5.74, 6) is 0.176. The fourth-order valence-corrected chi connectivity index (χ4v) is 8.21. The van der Waals surface area contributed by atoms with Crippen molar-refractivity contribution < 1.29 is 28.8 Å². The van der Waals surface area contributed by atoms with Crippen LogP contribution in [-0.4, -0.2) is 48.6 Å². The minimum absolute atomic E-state index is 0.124. The molecule has 0 amide bonds. The molecule has 2 spiro atoms. The molecule has 2 heterocycles. The lowest BCUT2D eigenvalue weighted by atomic mass is 9.46. The summed E-state index contributed by atoms with van der Waals surface area (Å²) in [5.41, 5.74) is 0.0980. The lowest BCUT2D eigenvalue weighted by Gasteiger charge is -2.60. The molecule has 4 aliphatic carbocycles. The molecule has 1 unspecified atom stereocenters. The van der Waals surface area contributed by atoms with Gasteiger partial charge in [0.2, 0.25) is 5.79 Å². The first kappa shape index (κ1) is 18.7. The van der Waals surface area contributed by atoms with Crippen LogP contribution in [0.25, 0.3) is 0 Å². The van der Waals surface area contributed by atoms with Gasteiger partial charge in [-0.1, -0.05) is 31.6 Å². The zero-order valence-corrected chi connectivity index (χ0v) is 17.2. The van der Waals surface area contributed by atoms with E-state index >= 15 is 0 Å². The molecule has 2 saturated carbocycles. The molecular weight excluding hydrogens is 372 g/mol. The molecule has 6 nitrogen and oxygen atoms in total. The number of ketones is 1. The summed E-state index contributed by atoms with van der Waals surface area (Å²) in [5, 5.41) is 11.5. The van der Waals surface area contributed by atoms with E-state index in [0.29, 0.717) is 31.3 Å². The highest BCUT2D eigenvalue weighted by molar-refractivity contribution is 5.93. The van der Waals surface area contributed by atoms with Gasteiger partial charge in [0, 0.05) is 23.2 Å². The van der Waals surface area contributed by atoms with Crippen molar-refractivity contribution in [1.82, 2.24) is 0 Å². The average molecular weight is 402 g/mol. The van der Waals surface area contributed by atoms with Crippen LogP contribution in [0.5, 0.6) is 0 Å². The Morgan fingerprint density at radius 2 is 2.00 bits per heavy atom. The Hall–Kier alpha value is -1.05. The molecule has 4 fully saturated rings. The van der Waals surface area contributed by atoms with Crippen LogP contribution in [0.15, 0.2) is 23.8 Å². The maximum Gasteiger partial charge on any atom is 0.226 e. The van der Waals surface area contributed by atoms with Gasteiger partial charge in [-0.05, 0) is 43.6 Å². The van der Waals surface area contributed by atoms with Gasteiger partial charge in [0.05, 0.1) is 6.10 Å². The van der Waals surface area contributed by atoms with Gasteiger partial charge in [-0.3, -0.25) is 4.79 Å². The van der Waals surface area contributed by atoms with Gasteiger partial charge in [-0.25, -0.2) is 0 Å². The van der Waals surface area contributed by atoms with Crippen molar-refractivity contribution in [3.8, 4) is 0 Å². The van der Waals surface area contributed by atoms with Crippen LogP contribution in [-0.2, 0) is 23.7 Å². The van der Waals surface area contributed by atoms with E-state index in [-0.39, 0.29) is 36.1 Å². The molecule has 29 heavy (non-hydrogen) atoms. The fraction of sp³-hybridized carbons (Fsp3) is 0.783. The Morgan fingerprint density at radius 3 is 2.79 bits per heavy atom. The molecule has 2 aliphatic heterocycles. The number of fused-ring (bicyclic) bond motifs is 7. The molecule has 2 saturated heterocycles. The van der Waals surface area contributed by atoms with E-state index < -0.39 is 17.5 Å². The van der Waals surface area contributed by atoms with E-state index in [1.54, 1.807) is 6.08 Å². The van der Waals surface area contributed by atoms with Crippen molar-refractivity contribution in [2.45, 2.75) is 63.4 Å². The molecular formula is C23H30O6. The predicted molar refractivity (Wildman–Crippen MR) is 102 cm³/mol. The van der Waals surface area contributed by atoms with Crippen LogP contribution >= 0.6 is 0 Å². The number of carbonyl (C=O) groups is 1. The first-order valence-corrected chi connectivity index (χ1v) is 10.9. The van der Waals surface area contributed by atoms with Crippen LogP contribution in [0.2, 0.25) is 0 Å². The van der Waals surface area contributed by atoms with E-state index in [1.807, 2.05) is 0 Å². The fourth-order valence-electron chi connectivity index (χ4n) is 8.21. The number of carbonyl (C=O) groups excluding carboxylic acids is 1. The summed E-state index contributed by atoms with van der Waals surface area (Å²) in [4.78, 5) is 12.0. The number of aliphatic hydroxyl groups excluding tert-OH is 1. The smallest absolute Gasteiger partial charge is 0.226 e. The van der Waals surface area contributed by atoms with Crippen LogP contribution in [0.3, 0.4) is 0 Å². The number of hydrogen-bond acceptors (Lipinski definition) is 6. The predicted octanol–water partition coefficient (Wildman–Crippen LogP) is 2.71. The lowest BCUT2D eigenvalue weighted by molar-refractivity contribution is -0.255. The van der Waals surface area contributed by atoms with Gasteiger partial charge < -0.3 is 24.1 Å². The molecule has 158 valence electrons. The first-order valence-electron chi connectivity index (χ1n) is 10.9. The van der Waals surface area contributed by atoms with E-state index in [4.69, 9.17) is 18.9 Å². The van der Waals surface area contributed by atoms with E-state index in [9.17, 15) is 9.90 Å². The molecule has 6 aliphatic rings. The Bertz CT molecular complexity index is 807. The number of allylic oxidation sites excluding steroid dienone is 4. The second-order valence-electron chi connectivity index (χ2n) is 10.3. The Balaban J connectivity index is 1.42. The topological polar surface area (TPSA) is 74.2 Å². The number of ether oxygens (including phenoxy) is 4. The molecule has 6 rings (SSSR count). The molecule has 0 radical (unpaired) electrons. The molecule has 0 aromatic heterocycles. The average Bonchev–Trinajstić information content (AvgIpc) is 3.37. The maximum absolute atomic E-state index is 12.0. The first-order chi connectivity index (χ1) is 13.9. The van der Waals surface area contributed by atoms with Gasteiger partial charge in [0.25, 0.3) is 0 Å². The highest BCUT2D eigenvalue weighted by atomic mass is 16.9. The summed E-state index contributed by atoms with van der Waals surface area (Å²) in [6.45, 7) is 5.29. The van der Waals surface area contributed by atoms with Gasteiger partial charge in [0.15, 0.2) is 19.4 Å². The van der Waals surface area contributed by atoms with Crippen LogP contribution in [0, 0.1) is 28.6 Å². The summed E-state index contributed by atoms with van der Waals surface area (Å²) in [6.07, 6.45) is 9.53. The molecule has 0 bridgehead atoms. The molecule has 8 atom stereocenters. The quantitative estimate of drug-likeness (QED) is 0.628. The summed E-state index contributed by atoms with van der Waals surface area (Å²) >= 11 is 0. The van der Waals surface area contributed by atoms with Gasteiger partial charge in [-0.15, -0.1) is 0 Å². The molecule has 0 aromatic carbocycles. The minimum Gasteiger partial charge on any atom is -0.393 e. The SMILES string of the molecule is C[C@]12C=CC(=O)CC1=CC[C@@H]1[C@@H]2[C@@H](O)C[C@@]2(C)[C@H]1CC[C@@]21OCOC12COCO2. The summed E-state index contributed by atoms with van der Waals surface area (Å²) < 4.78 is 24.0. The normalized spacial score (nSPS) is 55.8. The zero-order chi connectivity index (χ0) is 20.1. The second-order valence-corrected chi connectivity index (χ2v) is 10.3. The van der Waals surface area contributed by atoms with Gasteiger partial charge in [0.1, 0.15) is 12.2 Å². The van der Waals surface area contributed by atoms with Crippen molar-refractivity contribution in [1.29, 1.82) is 0 Å². The van der Waals surface area contributed by atoms with Crippen molar-refractivity contribution in [3.05, 3.63) is 23.8 Å². The number of aliphatic hydroxyl groups is 1. The zero-order valence-electron chi connectivity index (χ0n) is 17.2. The molecule has 1 N–H and O–H groups in total. The standard InChI is InChI=1S/C23H30O6/c1-20-7-5-15(24)9-14(20)3-4-16-17-6-8-22(21(17,2)10-18(25)19(16)20)23(29-13-27-22)11-26-12-28-23/h3,5,7,16-19,25H,4,6,8-13H2,1-2H3/t16-,17-,18-,19+,20-,21-,22+,23?/m0/s1. The number of hydrogen-bond donors (Lipinski definition) is 1. The summed E-state index contributed by atoms with van der Waals surface area (Å²) in [7, 11) is 0. The maximum atomic E-state index is 12.0. The largest absolute Gasteiger partial charge is 0.393 e. The Kier molecular flexibility index (Phi) is 3.74. The Morgan fingerprint density at radius 1 is 1.17 bits per heavy atom. The lowest BCUT2D eigenvalue weighted by Crippen LogP contribution is -2.65. The third-order valence-electron chi connectivity index (χ3n) is 9.46. The van der Waals surface area contributed by atoms with Gasteiger partial charge in [-0.2, -0.15) is 0 Å². The van der Waals surface area contributed by atoms with E-state index in [0.717, 1.165) is 19.3 Å². The minimum atomic E-state index is -0.861. The van der Waals surface area contributed by atoms with Gasteiger partial charge >= 0.3 is 0 Å². The highest BCUT2D eigenvalue weighted by Gasteiger charge is 2.76. The van der Waals surface area contributed by atoms with Crippen molar-refractivity contribution in [2.75, 3.05) is 20.2 Å². The number of rotatable bonds is 0.